The van der Waals surface area contributed by atoms with E-state index in [0.717, 1.165) is 24.8 Å². The van der Waals surface area contributed by atoms with Crippen LogP contribution in [-0.4, -0.2) is 47.6 Å². The summed E-state index contributed by atoms with van der Waals surface area (Å²) in [5.41, 5.74) is 0.364. The van der Waals surface area contributed by atoms with Crippen LogP contribution in [0.4, 0.5) is 5.82 Å². The molecule has 0 saturated carbocycles. The van der Waals surface area contributed by atoms with Gasteiger partial charge in [-0.15, -0.1) is 0 Å². The summed E-state index contributed by atoms with van der Waals surface area (Å²) in [6.45, 7) is 9.29. The molecule has 0 spiro atoms. The Morgan fingerprint density at radius 2 is 2.00 bits per heavy atom. The number of β-amino-alcohol motifs (C(OH)–C–C–N with tert-alkyl or cyclic N) is 1. The van der Waals surface area contributed by atoms with Crippen LogP contribution in [0.1, 0.15) is 46.1 Å². The number of hydrogen-bond donors (Lipinski definition) is 1. The van der Waals surface area contributed by atoms with E-state index >= 15 is 0 Å². The van der Waals surface area contributed by atoms with Gasteiger partial charge in [0, 0.05) is 24.7 Å². The molecule has 2 aliphatic heterocycles. The topological polar surface area (TPSA) is 78.6 Å². The van der Waals surface area contributed by atoms with Crippen LogP contribution in [0.3, 0.4) is 0 Å². The number of nitrogens with zero attached hydrogens (tertiary/aromatic N) is 3. The van der Waals surface area contributed by atoms with Crippen molar-refractivity contribution >= 4 is 18.4 Å². The van der Waals surface area contributed by atoms with Gasteiger partial charge in [0.15, 0.2) is 0 Å². The van der Waals surface area contributed by atoms with Gasteiger partial charge in [-0.2, -0.15) is 5.26 Å². The van der Waals surface area contributed by atoms with Gasteiger partial charge in [0.25, 0.3) is 0 Å². The standard InChI is InChI=1S/C17H24BN3O3/c1-16(2)17(3,4)24-18(23-16)13-8-12(9-19)15(20-10-13)21-7-5-6-14(22)11-21/h8,10,14,22H,5-7,11H2,1-4H3. The fourth-order valence-electron chi connectivity index (χ4n) is 3.06. The third kappa shape index (κ3) is 3.02. The van der Waals surface area contributed by atoms with Gasteiger partial charge in [0.2, 0.25) is 0 Å². The summed E-state index contributed by atoms with van der Waals surface area (Å²) < 4.78 is 12.1. The highest BCUT2D eigenvalue weighted by atomic mass is 16.7. The largest absolute Gasteiger partial charge is 0.496 e. The lowest BCUT2D eigenvalue weighted by molar-refractivity contribution is 0.00578. The number of aromatic nitrogens is 1. The van der Waals surface area contributed by atoms with Gasteiger partial charge in [-0.05, 0) is 46.6 Å². The number of hydrogen-bond acceptors (Lipinski definition) is 6. The van der Waals surface area contributed by atoms with Crippen molar-refractivity contribution < 1.29 is 14.4 Å². The normalized spacial score (nSPS) is 25.6. The van der Waals surface area contributed by atoms with Crippen LogP contribution in [0.5, 0.6) is 0 Å². The lowest BCUT2D eigenvalue weighted by atomic mass is 9.79. The lowest BCUT2D eigenvalue weighted by Crippen LogP contribution is -2.41. The van der Waals surface area contributed by atoms with Crippen molar-refractivity contribution in [2.45, 2.75) is 57.8 Å². The highest BCUT2D eigenvalue weighted by Crippen LogP contribution is 2.36. The van der Waals surface area contributed by atoms with E-state index in [0.29, 0.717) is 17.9 Å². The summed E-state index contributed by atoms with van der Waals surface area (Å²) in [6, 6.07) is 4.00. The molecule has 1 aromatic rings. The number of piperidine rings is 1. The summed E-state index contributed by atoms with van der Waals surface area (Å²) in [6.07, 6.45) is 3.03. The minimum absolute atomic E-state index is 0.366. The summed E-state index contributed by atoms with van der Waals surface area (Å²) in [7, 11) is -0.532. The maximum Gasteiger partial charge on any atom is 0.496 e. The van der Waals surface area contributed by atoms with Crippen LogP contribution in [0.25, 0.3) is 0 Å². The first-order chi connectivity index (χ1) is 11.2. The van der Waals surface area contributed by atoms with Crippen LogP contribution >= 0.6 is 0 Å². The lowest BCUT2D eigenvalue weighted by Gasteiger charge is -2.32. The van der Waals surface area contributed by atoms with Gasteiger partial charge in [-0.3, -0.25) is 0 Å². The van der Waals surface area contributed by atoms with Gasteiger partial charge < -0.3 is 19.3 Å². The molecule has 1 unspecified atom stereocenters. The third-order valence-electron chi connectivity index (χ3n) is 5.23. The average molecular weight is 329 g/mol. The zero-order valence-electron chi connectivity index (χ0n) is 14.7. The first-order valence-corrected chi connectivity index (χ1v) is 8.42. The van der Waals surface area contributed by atoms with Crippen LogP contribution in [-0.2, 0) is 9.31 Å². The summed E-state index contributed by atoms with van der Waals surface area (Å²) >= 11 is 0. The molecule has 3 heterocycles. The van der Waals surface area contributed by atoms with Gasteiger partial charge in [-0.1, -0.05) is 0 Å². The van der Waals surface area contributed by atoms with E-state index in [1.807, 2.05) is 32.6 Å². The van der Waals surface area contributed by atoms with Gasteiger partial charge in [0.05, 0.1) is 22.9 Å². The molecule has 1 N–H and O–H groups in total. The van der Waals surface area contributed by atoms with Crippen molar-refractivity contribution in [2.24, 2.45) is 0 Å². The van der Waals surface area contributed by atoms with Gasteiger partial charge >= 0.3 is 7.12 Å². The molecule has 24 heavy (non-hydrogen) atoms. The Kier molecular flexibility index (Phi) is 4.33. The summed E-state index contributed by atoms with van der Waals surface area (Å²) in [4.78, 5) is 6.45. The van der Waals surface area contributed by atoms with Crippen molar-refractivity contribution in [3.05, 3.63) is 17.8 Å². The van der Waals surface area contributed by atoms with Crippen LogP contribution < -0.4 is 10.4 Å². The molecule has 128 valence electrons. The molecule has 0 radical (unpaired) electrons. The maximum absolute atomic E-state index is 9.85. The van der Waals surface area contributed by atoms with E-state index in [-0.39, 0.29) is 6.10 Å². The molecule has 6 nitrogen and oxygen atoms in total. The molecular formula is C17H24BN3O3. The number of nitriles is 1. The van der Waals surface area contributed by atoms with Crippen molar-refractivity contribution in [3.63, 3.8) is 0 Å². The first kappa shape index (κ1) is 17.2. The van der Waals surface area contributed by atoms with Crippen molar-refractivity contribution in [3.8, 4) is 6.07 Å². The molecule has 0 bridgehead atoms. The fourth-order valence-corrected chi connectivity index (χ4v) is 3.06. The van der Waals surface area contributed by atoms with Gasteiger partial charge in [0.1, 0.15) is 11.9 Å². The first-order valence-electron chi connectivity index (χ1n) is 8.42. The smallest absolute Gasteiger partial charge is 0.399 e. The maximum atomic E-state index is 9.85. The number of pyridine rings is 1. The molecule has 2 saturated heterocycles. The number of aliphatic hydroxyl groups excluding tert-OH is 1. The Labute approximate surface area is 143 Å². The molecular weight excluding hydrogens is 305 g/mol. The predicted octanol–water partition coefficient (Wildman–Crippen LogP) is 1.21. The zero-order valence-corrected chi connectivity index (χ0v) is 14.7. The summed E-state index contributed by atoms with van der Waals surface area (Å²) in [5, 5.41) is 19.4. The Bertz CT molecular complexity index is 656. The van der Waals surface area contributed by atoms with E-state index < -0.39 is 18.3 Å². The van der Waals surface area contributed by atoms with Gasteiger partial charge in [-0.25, -0.2) is 4.98 Å². The second kappa shape index (κ2) is 6.03. The second-order valence-corrected chi connectivity index (χ2v) is 7.58. The Balaban J connectivity index is 1.87. The van der Waals surface area contributed by atoms with E-state index in [2.05, 4.69) is 11.1 Å². The second-order valence-electron chi connectivity index (χ2n) is 7.58. The highest BCUT2D eigenvalue weighted by molar-refractivity contribution is 6.62. The van der Waals surface area contributed by atoms with E-state index in [9.17, 15) is 10.4 Å². The fraction of sp³-hybridized carbons (Fsp3) is 0.647. The Morgan fingerprint density at radius 1 is 1.33 bits per heavy atom. The molecule has 7 heteroatoms. The zero-order chi connectivity index (χ0) is 17.5. The number of rotatable bonds is 2. The molecule has 0 aliphatic carbocycles. The van der Waals surface area contributed by atoms with E-state index in [4.69, 9.17) is 9.31 Å². The van der Waals surface area contributed by atoms with Crippen LogP contribution in [0.2, 0.25) is 0 Å². The Hall–Kier alpha value is -1.62. The minimum atomic E-state index is -0.532. The number of aliphatic hydroxyl groups is 1. The van der Waals surface area contributed by atoms with E-state index in [1.165, 1.54) is 0 Å². The van der Waals surface area contributed by atoms with Crippen molar-refractivity contribution in [2.75, 3.05) is 18.0 Å². The molecule has 2 fully saturated rings. The van der Waals surface area contributed by atoms with E-state index in [1.54, 1.807) is 12.3 Å². The highest BCUT2D eigenvalue weighted by Gasteiger charge is 2.52. The molecule has 0 amide bonds. The molecule has 1 atom stereocenters. The van der Waals surface area contributed by atoms with Crippen molar-refractivity contribution in [1.82, 2.24) is 4.98 Å². The summed E-state index contributed by atoms with van der Waals surface area (Å²) in [5.74, 6) is 0.622. The van der Waals surface area contributed by atoms with Crippen molar-refractivity contribution in [1.29, 1.82) is 5.26 Å². The third-order valence-corrected chi connectivity index (χ3v) is 5.23. The predicted molar refractivity (Wildman–Crippen MR) is 92.1 cm³/mol. The molecule has 3 rings (SSSR count). The Morgan fingerprint density at radius 3 is 2.58 bits per heavy atom. The average Bonchev–Trinajstić information content (AvgIpc) is 2.75. The molecule has 0 aromatic carbocycles. The molecule has 1 aromatic heterocycles. The SMILES string of the molecule is CC1(C)OB(c2cnc(N3CCCC(O)C3)c(C#N)c2)OC1(C)C. The van der Waals surface area contributed by atoms with Crippen LogP contribution in [0, 0.1) is 11.3 Å². The quantitative estimate of drug-likeness (QED) is 0.822. The number of anilines is 1. The minimum Gasteiger partial charge on any atom is -0.399 e. The molecule has 2 aliphatic rings. The van der Waals surface area contributed by atoms with Crippen LogP contribution in [0.15, 0.2) is 12.3 Å². The monoisotopic (exact) mass is 329 g/mol.